The number of halogens is 1. The lowest BCUT2D eigenvalue weighted by atomic mass is 9.99. The zero-order valence-electron chi connectivity index (χ0n) is 17.2. The van der Waals surface area contributed by atoms with Crippen LogP contribution in [0.3, 0.4) is 0 Å². The topological polar surface area (TPSA) is 72.6 Å². The third-order valence-corrected chi connectivity index (χ3v) is 6.99. The van der Waals surface area contributed by atoms with Crippen LogP contribution in [-0.4, -0.2) is 18.0 Å². The van der Waals surface area contributed by atoms with Crippen molar-refractivity contribution < 1.29 is 13.9 Å². The van der Waals surface area contributed by atoms with Gasteiger partial charge in [-0.3, -0.25) is 14.5 Å². The summed E-state index contributed by atoms with van der Waals surface area (Å²) in [4.78, 5) is 33.4. The summed E-state index contributed by atoms with van der Waals surface area (Å²) >= 11 is 7.63. The van der Waals surface area contributed by atoms with Crippen LogP contribution in [0.15, 0.2) is 75.9 Å². The Balaban J connectivity index is 1.63. The van der Waals surface area contributed by atoms with Gasteiger partial charge in [0.15, 0.2) is 10.6 Å². The minimum Gasteiger partial charge on any atom is -0.497 e. The first-order chi connectivity index (χ1) is 16.0. The van der Waals surface area contributed by atoms with Crippen molar-refractivity contribution in [2.75, 3.05) is 12.0 Å². The number of aromatic nitrogens is 1. The average molecular weight is 475 g/mol. The number of nitrogens with zero attached hydrogens (tertiary/aromatic N) is 2. The Kier molecular flexibility index (Phi) is 4.50. The molecule has 1 aliphatic heterocycles. The van der Waals surface area contributed by atoms with Crippen molar-refractivity contribution in [3.63, 3.8) is 0 Å². The summed E-state index contributed by atoms with van der Waals surface area (Å²) < 4.78 is 12.2. The minimum absolute atomic E-state index is 0.0283. The summed E-state index contributed by atoms with van der Waals surface area (Å²) in [6.07, 6.45) is 0. The fourth-order valence-corrected chi connectivity index (χ4v) is 5.45. The lowest BCUT2D eigenvalue weighted by molar-refractivity contribution is 0.0971. The van der Waals surface area contributed by atoms with Gasteiger partial charge in [0.05, 0.1) is 34.3 Å². The minimum atomic E-state index is -0.713. The Bertz CT molecular complexity index is 1640. The molecule has 0 saturated carbocycles. The number of fused-ring (bicyclic) bond motifs is 3. The maximum atomic E-state index is 13.7. The van der Waals surface area contributed by atoms with Gasteiger partial charge in [-0.2, -0.15) is 0 Å². The van der Waals surface area contributed by atoms with Crippen LogP contribution >= 0.6 is 22.9 Å². The molecular weight excluding hydrogens is 460 g/mol. The van der Waals surface area contributed by atoms with E-state index in [1.54, 1.807) is 49.6 Å². The second kappa shape index (κ2) is 7.43. The van der Waals surface area contributed by atoms with E-state index in [2.05, 4.69) is 0 Å². The lowest BCUT2D eigenvalue weighted by Crippen LogP contribution is -2.29. The molecule has 0 bridgehead atoms. The van der Waals surface area contributed by atoms with Gasteiger partial charge < -0.3 is 9.15 Å². The average Bonchev–Trinajstić information content (AvgIpc) is 3.37. The first-order valence-electron chi connectivity index (χ1n) is 10.1. The molecule has 2 aromatic heterocycles. The number of ether oxygens (including phenoxy) is 1. The fourth-order valence-electron chi connectivity index (χ4n) is 4.23. The van der Waals surface area contributed by atoms with Crippen LogP contribution in [0, 0.1) is 0 Å². The van der Waals surface area contributed by atoms with Gasteiger partial charge in [-0.15, -0.1) is 0 Å². The maximum Gasteiger partial charge on any atom is 0.297 e. The normalized spacial score (nSPS) is 15.4. The highest BCUT2D eigenvalue weighted by atomic mass is 35.5. The van der Waals surface area contributed by atoms with E-state index >= 15 is 0 Å². The Morgan fingerprint density at radius 1 is 1.06 bits per heavy atom. The highest BCUT2D eigenvalue weighted by molar-refractivity contribution is 7.22. The van der Waals surface area contributed by atoms with Crippen molar-refractivity contribution >= 4 is 55.2 Å². The molecule has 0 fully saturated rings. The van der Waals surface area contributed by atoms with Crippen LogP contribution in [0.25, 0.3) is 21.2 Å². The Morgan fingerprint density at radius 2 is 1.91 bits per heavy atom. The van der Waals surface area contributed by atoms with Gasteiger partial charge in [-0.05, 0) is 48.0 Å². The first-order valence-corrected chi connectivity index (χ1v) is 11.3. The molecule has 1 atom stereocenters. The zero-order valence-corrected chi connectivity index (χ0v) is 18.8. The molecule has 33 heavy (non-hydrogen) atoms. The van der Waals surface area contributed by atoms with Crippen LogP contribution in [0.5, 0.6) is 5.75 Å². The van der Waals surface area contributed by atoms with Gasteiger partial charge in [0.25, 0.3) is 5.91 Å². The molecule has 1 aliphatic rings. The van der Waals surface area contributed by atoms with Gasteiger partial charge in [0.1, 0.15) is 11.3 Å². The standard InChI is InChI=1S/C25H15ClN2O4S/c1-31-15-9-10-17-19(12-15)33-25(27-17)28-21(13-5-4-6-14(26)11-13)20-22(29)16-7-2-3-8-18(16)32-23(20)24(28)30/h2-12,21H,1H3/t21-/m0/s1. The molecule has 0 N–H and O–H groups in total. The van der Waals surface area contributed by atoms with E-state index < -0.39 is 11.9 Å². The molecule has 8 heteroatoms. The third kappa shape index (κ3) is 3.04. The summed E-state index contributed by atoms with van der Waals surface area (Å²) in [6.45, 7) is 0. The summed E-state index contributed by atoms with van der Waals surface area (Å²) in [6, 6.07) is 18.9. The molecule has 3 heterocycles. The second-order valence-electron chi connectivity index (χ2n) is 7.63. The van der Waals surface area contributed by atoms with Crippen molar-refractivity contribution in [1.29, 1.82) is 0 Å². The van der Waals surface area contributed by atoms with E-state index in [0.717, 1.165) is 10.2 Å². The Labute approximate surface area is 196 Å². The van der Waals surface area contributed by atoms with Gasteiger partial charge in [-0.25, -0.2) is 4.98 Å². The molecule has 0 unspecified atom stereocenters. The monoisotopic (exact) mass is 474 g/mol. The maximum absolute atomic E-state index is 13.7. The van der Waals surface area contributed by atoms with Crippen molar-refractivity contribution in [3.05, 3.63) is 98.9 Å². The second-order valence-corrected chi connectivity index (χ2v) is 9.08. The molecule has 0 aliphatic carbocycles. The zero-order chi connectivity index (χ0) is 22.7. The number of para-hydroxylation sites is 1. The van der Waals surface area contributed by atoms with Gasteiger partial charge in [0, 0.05) is 5.02 Å². The van der Waals surface area contributed by atoms with Crippen LogP contribution in [0.1, 0.15) is 27.7 Å². The van der Waals surface area contributed by atoms with Crippen LogP contribution < -0.4 is 15.1 Å². The molecular formula is C25H15ClN2O4S. The summed E-state index contributed by atoms with van der Waals surface area (Å²) in [5.41, 5.74) is 1.85. The van der Waals surface area contributed by atoms with Crippen LogP contribution in [-0.2, 0) is 0 Å². The molecule has 162 valence electrons. The number of hydrogen-bond acceptors (Lipinski definition) is 6. The van der Waals surface area contributed by atoms with Crippen molar-refractivity contribution in [2.45, 2.75) is 6.04 Å². The van der Waals surface area contributed by atoms with Crippen LogP contribution in [0.4, 0.5) is 5.13 Å². The number of hydrogen-bond donors (Lipinski definition) is 0. The Morgan fingerprint density at radius 3 is 2.73 bits per heavy atom. The van der Waals surface area contributed by atoms with E-state index in [4.69, 9.17) is 25.7 Å². The van der Waals surface area contributed by atoms with Crippen LogP contribution in [0.2, 0.25) is 5.02 Å². The summed E-state index contributed by atoms with van der Waals surface area (Å²) in [5.74, 6) is 0.313. The number of rotatable bonds is 3. The first kappa shape index (κ1) is 20.0. The molecule has 6 rings (SSSR count). The number of thiazole rings is 1. The predicted octanol–water partition coefficient (Wildman–Crippen LogP) is 5.81. The molecule has 1 amide bonds. The highest BCUT2D eigenvalue weighted by Crippen LogP contribution is 2.44. The van der Waals surface area contributed by atoms with Gasteiger partial charge >= 0.3 is 0 Å². The van der Waals surface area contributed by atoms with Gasteiger partial charge in [-0.1, -0.05) is 47.2 Å². The van der Waals surface area contributed by atoms with Gasteiger partial charge in [0.2, 0.25) is 5.76 Å². The van der Waals surface area contributed by atoms with Crippen molar-refractivity contribution in [3.8, 4) is 5.75 Å². The lowest BCUT2D eigenvalue weighted by Gasteiger charge is -2.22. The predicted molar refractivity (Wildman–Crippen MR) is 129 cm³/mol. The van der Waals surface area contributed by atoms with E-state index in [-0.39, 0.29) is 16.8 Å². The van der Waals surface area contributed by atoms with E-state index in [9.17, 15) is 9.59 Å². The smallest absolute Gasteiger partial charge is 0.297 e. The molecule has 0 radical (unpaired) electrons. The molecule has 6 nitrogen and oxygen atoms in total. The summed E-state index contributed by atoms with van der Waals surface area (Å²) in [5, 5.41) is 1.39. The van der Waals surface area contributed by atoms with Crippen molar-refractivity contribution in [1.82, 2.24) is 4.98 Å². The molecule has 5 aromatic rings. The molecule has 0 spiro atoms. The van der Waals surface area contributed by atoms with E-state index in [0.29, 0.717) is 32.4 Å². The Hall–Kier alpha value is -3.68. The number of carbonyl (C=O) groups excluding carboxylic acids is 1. The van der Waals surface area contributed by atoms with Crippen molar-refractivity contribution in [2.24, 2.45) is 0 Å². The number of carbonyl (C=O) groups is 1. The third-order valence-electron chi connectivity index (χ3n) is 5.73. The number of benzene rings is 3. The molecule has 0 saturated heterocycles. The number of amides is 1. The number of methoxy groups -OCH3 is 1. The quantitative estimate of drug-likeness (QED) is 0.329. The highest BCUT2D eigenvalue weighted by Gasteiger charge is 2.45. The summed E-state index contributed by atoms with van der Waals surface area (Å²) in [7, 11) is 1.60. The molecule has 3 aromatic carbocycles. The number of anilines is 1. The SMILES string of the molecule is COc1ccc2nc(N3C(=O)c4oc5ccccc5c(=O)c4[C@@H]3c3cccc(Cl)c3)sc2c1. The van der Waals surface area contributed by atoms with E-state index in [1.807, 2.05) is 24.3 Å². The van der Waals surface area contributed by atoms with E-state index in [1.165, 1.54) is 16.2 Å². The fraction of sp³-hybridized carbons (Fsp3) is 0.0800. The largest absolute Gasteiger partial charge is 0.497 e.